The third kappa shape index (κ3) is 15.8. The molecule has 0 amide bonds. The van der Waals surface area contributed by atoms with E-state index in [0.29, 0.717) is 30.5 Å². The van der Waals surface area contributed by atoms with Gasteiger partial charge >= 0.3 is 7.12 Å². The quantitative estimate of drug-likeness (QED) is 0.0689. The van der Waals surface area contributed by atoms with Crippen LogP contribution in [0.4, 0.5) is 39.5 Å². The Balaban J connectivity index is 0.000000177. The van der Waals surface area contributed by atoms with Gasteiger partial charge in [0.25, 0.3) is 0 Å². The number of aryl methyl sites for hydroxylation is 3. The van der Waals surface area contributed by atoms with E-state index < -0.39 is 75.6 Å². The molecule has 2 nitrogen and oxygen atoms in total. The van der Waals surface area contributed by atoms with Crippen molar-refractivity contribution in [1.29, 1.82) is 0 Å². The summed E-state index contributed by atoms with van der Waals surface area (Å²) in [6.07, 6.45) is 0. The molecule has 0 fully saturated rings. The molecule has 408 valence electrons. The minimum atomic E-state index is -2.01. The zero-order valence-corrected chi connectivity index (χ0v) is 51.0. The first-order valence-corrected chi connectivity index (χ1v) is 34.0. The number of halogens is 11. The summed E-state index contributed by atoms with van der Waals surface area (Å²) in [5.41, 5.74) is 7.08. The van der Waals surface area contributed by atoms with Crippen molar-refractivity contribution in [3.63, 3.8) is 0 Å². The first-order valence-electron chi connectivity index (χ1n) is 24.8. The van der Waals surface area contributed by atoms with Crippen LogP contribution in [0.2, 0.25) is 39.3 Å². The Morgan fingerprint density at radius 3 is 0.975 bits per heavy atom. The van der Waals surface area contributed by atoms with Crippen LogP contribution in [0.1, 0.15) is 16.7 Å². The fourth-order valence-corrected chi connectivity index (χ4v) is 11.7. The molecule has 0 saturated heterocycles. The summed E-state index contributed by atoms with van der Waals surface area (Å²) in [6.45, 7) is 17.6. The lowest BCUT2D eigenvalue weighted by atomic mass is 9.80. The van der Waals surface area contributed by atoms with E-state index in [1.807, 2.05) is 143 Å². The molecule has 0 aliphatic heterocycles. The SMILES string of the molecule is C[Si](C)(C)c1ccc(-c2ccc(I)cc2F)c(F)c1F.Cc1ccc(-c2ccc(-c3ccc(I)c(F)c3F)c(F)c2)cc1.Cc1ccc(-c2ccc(-c3ccc([Si](C)(C)C)c(F)c3F)c(F)c2)cc1.Cc1ccc(B(O)O)cc1. The summed E-state index contributed by atoms with van der Waals surface area (Å²) in [5.74, 6) is -7.33. The Morgan fingerprint density at radius 2 is 0.633 bits per heavy atom. The fourth-order valence-electron chi connectivity index (χ4n) is 8.17. The molecule has 0 aliphatic carbocycles. The van der Waals surface area contributed by atoms with Crippen LogP contribution in [0.15, 0.2) is 164 Å². The standard InChI is InChI=1S/C22H21F3Si.C19H12F3I.C15H14F3ISi.C7H9BO2/c1-14-5-7-15(8-6-14)16-9-10-17(19(23)13-16)18-11-12-20(26(2,3)4)22(25)21(18)24;1-11-2-4-12(5-3-11)13-6-7-14(16(20)10-13)15-8-9-17(23)19(22)18(15)21;1-20(2,3)13-7-6-11(14(17)15(13)18)10-5-4-9(19)8-12(10)16;1-6-2-4-7(5-3-6)8(9)10/h5-13H,1-4H3;2-10H,1H3;4-8H,1-3H3;2-5,9-10H,1H3. The Labute approximate surface area is 485 Å². The van der Waals surface area contributed by atoms with Gasteiger partial charge in [-0.05, 0) is 134 Å². The molecule has 79 heavy (non-hydrogen) atoms. The molecule has 2 N–H and O–H groups in total. The van der Waals surface area contributed by atoms with Gasteiger partial charge in [0.15, 0.2) is 34.9 Å². The fraction of sp³-hybridized carbons (Fsp3) is 0.143. The van der Waals surface area contributed by atoms with Crippen molar-refractivity contribution < 1.29 is 49.6 Å². The summed E-state index contributed by atoms with van der Waals surface area (Å²) in [7, 11) is -5.33. The predicted molar refractivity (Wildman–Crippen MR) is 328 cm³/mol. The van der Waals surface area contributed by atoms with Gasteiger partial charge in [-0.15, -0.1) is 0 Å². The average Bonchev–Trinajstić information content (AvgIpc) is 3.48. The van der Waals surface area contributed by atoms with Gasteiger partial charge < -0.3 is 10.0 Å². The molecular formula is C63H56BF9I2O2Si2. The summed E-state index contributed by atoms with van der Waals surface area (Å²) in [4.78, 5) is 0. The van der Waals surface area contributed by atoms with Gasteiger partial charge in [-0.3, -0.25) is 0 Å². The van der Waals surface area contributed by atoms with Crippen LogP contribution in [-0.2, 0) is 0 Å². The molecular weight excluding hydrogens is 1280 g/mol. The van der Waals surface area contributed by atoms with Crippen LogP contribution >= 0.6 is 45.2 Å². The summed E-state index contributed by atoms with van der Waals surface area (Å²) < 4.78 is 129. The second-order valence-corrected chi connectivity index (χ2v) is 33.3. The highest BCUT2D eigenvalue weighted by Gasteiger charge is 2.27. The highest BCUT2D eigenvalue weighted by molar-refractivity contribution is 14.1. The first-order chi connectivity index (χ1) is 37.1. The van der Waals surface area contributed by atoms with Crippen molar-refractivity contribution in [3.8, 4) is 55.6 Å². The minimum absolute atomic E-state index is 0.0293. The van der Waals surface area contributed by atoms with Crippen molar-refractivity contribution in [1.82, 2.24) is 0 Å². The molecule has 0 spiro atoms. The molecule has 0 aromatic heterocycles. The van der Waals surface area contributed by atoms with Crippen molar-refractivity contribution >= 4 is 84.3 Å². The van der Waals surface area contributed by atoms with Gasteiger partial charge in [0.1, 0.15) is 17.5 Å². The number of hydrogen-bond acceptors (Lipinski definition) is 2. The largest absolute Gasteiger partial charge is 0.488 e. The molecule has 0 saturated carbocycles. The van der Waals surface area contributed by atoms with Gasteiger partial charge in [-0.1, -0.05) is 189 Å². The molecule has 0 bridgehead atoms. The van der Waals surface area contributed by atoms with Gasteiger partial charge in [-0.25, -0.2) is 39.5 Å². The highest BCUT2D eigenvalue weighted by atomic mass is 127. The molecule has 0 heterocycles. The van der Waals surface area contributed by atoms with Crippen molar-refractivity contribution in [2.75, 3.05) is 0 Å². The normalized spacial score (nSPS) is 11.2. The van der Waals surface area contributed by atoms with Gasteiger partial charge in [-0.2, -0.15) is 0 Å². The van der Waals surface area contributed by atoms with E-state index in [9.17, 15) is 39.5 Å². The van der Waals surface area contributed by atoms with Gasteiger partial charge in [0, 0.05) is 37.0 Å². The van der Waals surface area contributed by atoms with Crippen molar-refractivity contribution in [3.05, 3.63) is 240 Å². The monoisotopic (exact) mass is 1340 g/mol. The van der Waals surface area contributed by atoms with E-state index in [1.165, 1.54) is 60.7 Å². The summed E-state index contributed by atoms with van der Waals surface area (Å²) in [5, 5.41) is 18.2. The van der Waals surface area contributed by atoms with Crippen molar-refractivity contribution in [2.45, 2.75) is 60.1 Å². The second-order valence-electron chi connectivity index (χ2n) is 20.8. The van der Waals surface area contributed by atoms with Crippen LogP contribution < -0.4 is 15.8 Å². The lowest BCUT2D eigenvalue weighted by Crippen LogP contribution is -2.40. The molecule has 16 heteroatoms. The van der Waals surface area contributed by atoms with Gasteiger partial charge in [0.2, 0.25) is 0 Å². The topological polar surface area (TPSA) is 40.5 Å². The average molecular weight is 1340 g/mol. The van der Waals surface area contributed by atoms with Crippen LogP contribution in [-0.4, -0.2) is 33.3 Å². The van der Waals surface area contributed by atoms with Crippen LogP contribution in [0.3, 0.4) is 0 Å². The lowest BCUT2D eigenvalue weighted by molar-refractivity contribution is 0.426. The maximum Gasteiger partial charge on any atom is 0.488 e. The zero-order valence-electron chi connectivity index (χ0n) is 44.7. The smallest absolute Gasteiger partial charge is 0.423 e. The maximum absolute atomic E-state index is 14.7. The van der Waals surface area contributed by atoms with Crippen LogP contribution in [0.25, 0.3) is 55.6 Å². The molecule has 9 aromatic rings. The lowest BCUT2D eigenvalue weighted by Gasteiger charge is -2.19. The molecule has 0 radical (unpaired) electrons. The third-order valence-corrected chi connectivity index (χ3v) is 18.2. The predicted octanol–water partition coefficient (Wildman–Crippen LogP) is 17.2. The molecule has 9 aromatic carbocycles. The first kappa shape index (κ1) is 62.4. The number of hydrogen-bond donors (Lipinski definition) is 2. The molecule has 0 atom stereocenters. The van der Waals surface area contributed by atoms with E-state index in [2.05, 4.69) is 0 Å². The van der Waals surface area contributed by atoms with E-state index >= 15 is 0 Å². The van der Waals surface area contributed by atoms with Crippen LogP contribution in [0.5, 0.6) is 0 Å². The Kier molecular flexibility index (Phi) is 21.1. The Morgan fingerprint density at radius 1 is 0.329 bits per heavy atom. The van der Waals surface area contributed by atoms with E-state index in [0.717, 1.165) is 27.8 Å². The molecule has 0 aliphatic rings. The number of benzene rings is 9. The van der Waals surface area contributed by atoms with E-state index in [4.69, 9.17) is 10.0 Å². The Bertz CT molecular complexity index is 3610. The second kappa shape index (κ2) is 26.7. The summed E-state index contributed by atoms with van der Waals surface area (Å²) >= 11 is 3.67. The third-order valence-electron chi connectivity index (χ3n) is 12.7. The minimum Gasteiger partial charge on any atom is -0.423 e. The van der Waals surface area contributed by atoms with E-state index in [1.54, 1.807) is 65.1 Å². The maximum atomic E-state index is 14.7. The Hall–Kier alpha value is -5.77. The van der Waals surface area contributed by atoms with Gasteiger partial charge in [0.05, 0.1) is 19.7 Å². The zero-order chi connectivity index (χ0) is 58.3. The van der Waals surface area contributed by atoms with Crippen molar-refractivity contribution in [2.24, 2.45) is 0 Å². The highest BCUT2D eigenvalue weighted by Crippen LogP contribution is 2.34. The molecule has 0 unspecified atom stereocenters. The van der Waals surface area contributed by atoms with Crippen LogP contribution in [0, 0.1) is 80.3 Å². The summed E-state index contributed by atoms with van der Waals surface area (Å²) in [6, 6.07) is 45.0. The van der Waals surface area contributed by atoms with E-state index in [-0.39, 0.29) is 37.0 Å². The number of rotatable bonds is 8. The molecule has 9 rings (SSSR count).